The van der Waals surface area contributed by atoms with Crippen molar-refractivity contribution in [2.24, 2.45) is 0 Å². The molecular weight excluding hydrogens is 424 g/mol. The van der Waals surface area contributed by atoms with Gasteiger partial charge in [0.25, 0.3) is 5.56 Å². The molecule has 0 radical (unpaired) electrons. The maximum absolute atomic E-state index is 13.5. The van der Waals surface area contributed by atoms with Crippen molar-refractivity contribution in [1.82, 2.24) is 15.0 Å². The lowest BCUT2D eigenvalue weighted by atomic mass is 9.73. The van der Waals surface area contributed by atoms with Gasteiger partial charge >= 0.3 is 5.69 Å². The highest BCUT2D eigenvalue weighted by Gasteiger charge is 2.40. The molecular formula is C24H18N4O3S. The van der Waals surface area contributed by atoms with Crippen molar-refractivity contribution < 1.29 is 4.79 Å². The molecule has 2 unspecified atom stereocenters. The SMILES string of the molecule is O=C1CC(c2cccs2)CC2=C1C(c1ccnc3ccccc13)c1c([nH]c(=O)[nH]c1=O)N2. The largest absolute Gasteiger partial charge is 0.344 e. The second kappa shape index (κ2) is 7.13. The number of rotatable bonds is 2. The average molecular weight is 443 g/mol. The van der Waals surface area contributed by atoms with Gasteiger partial charge in [0.2, 0.25) is 0 Å². The Morgan fingerprint density at radius 2 is 1.84 bits per heavy atom. The van der Waals surface area contributed by atoms with Gasteiger partial charge in [-0.2, -0.15) is 0 Å². The Bertz CT molecular complexity index is 1530. The predicted molar refractivity (Wildman–Crippen MR) is 123 cm³/mol. The number of ketones is 1. The summed E-state index contributed by atoms with van der Waals surface area (Å²) in [5.74, 6) is -0.160. The van der Waals surface area contributed by atoms with Gasteiger partial charge in [-0.05, 0) is 35.6 Å². The molecule has 3 N–H and O–H groups in total. The summed E-state index contributed by atoms with van der Waals surface area (Å²) >= 11 is 1.64. The Hall–Kier alpha value is -3.78. The summed E-state index contributed by atoms with van der Waals surface area (Å²) in [7, 11) is 0. The van der Waals surface area contributed by atoms with E-state index in [1.807, 2.05) is 47.8 Å². The Morgan fingerprint density at radius 1 is 0.969 bits per heavy atom. The van der Waals surface area contributed by atoms with Crippen LogP contribution in [0, 0.1) is 0 Å². The number of nitrogens with one attached hydrogen (secondary N) is 3. The van der Waals surface area contributed by atoms with E-state index in [1.54, 1.807) is 17.5 Å². The normalized spacial score (nSPS) is 20.1. The lowest BCUT2D eigenvalue weighted by Crippen LogP contribution is -2.37. The van der Waals surface area contributed by atoms with E-state index in [0.717, 1.165) is 27.0 Å². The maximum Gasteiger partial charge on any atom is 0.327 e. The predicted octanol–water partition coefficient (Wildman–Crippen LogP) is 3.63. The number of aromatic amines is 2. The number of pyridine rings is 1. The van der Waals surface area contributed by atoms with Crippen molar-refractivity contribution in [2.45, 2.75) is 24.7 Å². The molecule has 158 valence electrons. The number of aromatic nitrogens is 3. The van der Waals surface area contributed by atoms with E-state index in [-0.39, 0.29) is 11.7 Å². The smallest absolute Gasteiger partial charge is 0.327 e. The highest BCUT2D eigenvalue weighted by molar-refractivity contribution is 7.10. The van der Waals surface area contributed by atoms with Crippen molar-refractivity contribution in [1.29, 1.82) is 0 Å². The van der Waals surface area contributed by atoms with Crippen molar-refractivity contribution in [3.63, 3.8) is 0 Å². The third-order valence-corrected chi connectivity index (χ3v) is 7.31. The number of hydrogen-bond acceptors (Lipinski definition) is 6. The van der Waals surface area contributed by atoms with E-state index in [0.29, 0.717) is 29.8 Å². The van der Waals surface area contributed by atoms with Gasteiger partial charge in [-0.3, -0.25) is 24.5 Å². The van der Waals surface area contributed by atoms with Crippen LogP contribution in [0.3, 0.4) is 0 Å². The maximum atomic E-state index is 13.5. The zero-order valence-electron chi connectivity index (χ0n) is 16.8. The Kier molecular flexibility index (Phi) is 4.22. The van der Waals surface area contributed by atoms with Crippen LogP contribution in [0.25, 0.3) is 10.9 Å². The van der Waals surface area contributed by atoms with E-state index in [4.69, 9.17) is 0 Å². The third-order valence-electron chi connectivity index (χ3n) is 6.28. The number of anilines is 1. The van der Waals surface area contributed by atoms with Gasteiger partial charge in [0, 0.05) is 46.0 Å². The summed E-state index contributed by atoms with van der Waals surface area (Å²) in [4.78, 5) is 49.2. The number of benzene rings is 1. The molecule has 2 aliphatic rings. The summed E-state index contributed by atoms with van der Waals surface area (Å²) in [6.45, 7) is 0. The number of hydrogen-bond donors (Lipinski definition) is 3. The van der Waals surface area contributed by atoms with Gasteiger partial charge in [0.1, 0.15) is 5.82 Å². The molecule has 2 atom stereocenters. The number of thiophene rings is 1. The molecule has 7 nitrogen and oxygen atoms in total. The lowest BCUT2D eigenvalue weighted by Gasteiger charge is -2.35. The average Bonchev–Trinajstić information content (AvgIpc) is 3.32. The summed E-state index contributed by atoms with van der Waals surface area (Å²) in [5, 5.41) is 6.11. The highest BCUT2D eigenvalue weighted by atomic mass is 32.1. The third kappa shape index (κ3) is 2.87. The van der Waals surface area contributed by atoms with Crippen LogP contribution in [0.2, 0.25) is 0 Å². The molecule has 0 saturated carbocycles. The number of allylic oxidation sites excluding steroid dienone is 2. The van der Waals surface area contributed by atoms with Crippen molar-refractivity contribution in [2.75, 3.05) is 5.32 Å². The van der Waals surface area contributed by atoms with Crippen LogP contribution in [-0.4, -0.2) is 20.7 Å². The highest BCUT2D eigenvalue weighted by Crippen LogP contribution is 2.47. The van der Waals surface area contributed by atoms with Crippen LogP contribution < -0.4 is 16.6 Å². The minimum Gasteiger partial charge on any atom is -0.344 e. The van der Waals surface area contributed by atoms with Crippen molar-refractivity contribution in [3.05, 3.63) is 102 Å². The number of H-pyrrole nitrogens is 2. The number of para-hydroxylation sites is 1. The number of Topliss-reactive ketones (excluding diaryl/α,β-unsaturated/α-hetero) is 1. The molecule has 4 heterocycles. The summed E-state index contributed by atoms with van der Waals surface area (Å²) in [6.07, 6.45) is 2.72. The molecule has 1 aliphatic carbocycles. The first kappa shape index (κ1) is 18.9. The molecule has 6 rings (SSSR count). The lowest BCUT2D eigenvalue weighted by molar-refractivity contribution is -0.116. The van der Waals surface area contributed by atoms with Crippen molar-refractivity contribution >= 4 is 33.8 Å². The first-order valence-electron chi connectivity index (χ1n) is 10.4. The van der Waals surface area contributed by atoms with Crippen LogP contribution in [0.4, 0.5) is 5.82 Å². The molecule has 32 heavy (non-hydrogen) atoms. The molecule has 0 saturated heterocycles. The minimum atomic E-state index is -0.591. The van der Waals surface area contributed by atoms with Gasteiger partial charge in [-0.15, -0.1) is 11.3 Å². The number of fused-ring (bicyclic) bond motifs is 2. The Balaban J connectivity index is 1.62. The quantitative estimate of drug-likeness (QED) is 0.439. The first-order valence-corrected chi connectivity index (χ1v) is 11.2. The van der Waals surface area contributed by atoms with Gasteiger partial charge in [0.15, 0.2) is 5.78 Å². The monoisotopic (exact) mass is 442 g/mol. The Morgan fingerprint density at radius 3 is 2.69 bits per heavy atom. The van der Waals surface area contributed by atoms with Gasteiger partial charge in [-0.1, -0.05) is 24.3 Å². The molecule has 1 aliphatic heterocycles. The standard InChI is InChI=1S/C24H18N4O3S/c29-17-11-12(18-6-3-9-32-18)10-16-20(17)19(21-22(26-16)27-24(31)28-23(21)30)14-7-8-25-15-5-2-1-4-13(14)15/h1-9,12,19H,10-11H2,(H3,26,27,28,30,31). The first-order chi connectivity index (χ1) is 15.6. The van der Waals surface area contributed by atoms with Gasteiger partial charge in [0.05, 0.1) is 11.1 Å². The fourth-order valence-electron chi connectivity index (χ4n) is 4.95. The number of carbonyl (C=O) groups excluding carboxylic acids is 1. The van der Waals surface area contributed by atoms with E-state index < -0.39 is 17.2 Å². The molecule has 1 aromatic carbocycles. The van der Waals surface area contributed by atoms with E-state index in [2.05, 4.69) is 20.3 Å². The van der Waals surface area contributed by atoms with E-state index in [9.17, 15) is 14.4 Å². The van der Waals surface area contributed by atoms with Gasteiger partial charge in [-0.25, -0.2) is 4.79 Å². The van der Waals surface area contributed by atoms with Crippen LogP contribution in [0.15, 0.2) is 74.9 Å². The molecule has 8 heteroatoms. The molecule has 0 amide bonds. The molecule has 0 spiro atoms. The van der Waals surface area contributed by atoms with Crippen LogP contribution in [0.5, 0.6) is 0 Å². The molecule has 3 aromatic heterocycles. The van der Waals surface area contributed by atoms with Crippen LogP contribution >= 0.6 is 11.3 Å². The zero-order valence-corrected chi connectivity index (χ0v) is 17.7. The Labute approximate surface area is 185 Å². The fourth-order valence-corrected chi connectivity index (χ4v) is 5.79. The van der Waals surface area contributed by atoms with E-state index in [1.165, 1.54) is 0 Å². The minimum absolute atomic E-state index is 0.0132. The second-order valence-electron chi connectivity index (χ2n) is 8.11. The molecule has 0 bridgehead atoms. The number of carbonyl (C=O) groups is 1. The zero-order chi connectivity index (χ0) is 21.8. The fraction of sp³-hybridized carbons (Fsp3) is 0.167. The summed E-state index contributed by atoms with van der Waals surface area (Å²) in [6, 6.07) is 13.6. The van der Waals surface area contributed by atoms with E-state index >= 15 is 0 Å². The second-order valence-corrected chi connectivity index (χ2v) is 9.09. The topological polar surface area (TPSA) is 108 Å². The number of nitrogens with zero attached hydrogens (tertiary/aromatic N) is 1. The molecule has 4 aromatic rings. The van der Waals surface area contributed by atoms with Crippen molar-refractivity contribution in [3.8, 4) is 0 Å². The summed E-state index contributed by atoms with van der Waals surface area (Å²) in [5.41, 5.74) is 2.24. The summed E-state index contributed by atoms with van der Waals surface area (Å²) < 4.78 is 0. The molecule has 0 fully saturated rings. The van der Waals surface area contributed by atoms with Crippen LogP contribution in [-0.2, 0) is 4.79 Å². The van der Waals surface area contributed by atoms with Gasteiger partial charge < -0.3 is 5.32 Å². The van der Waals surface area contributed by atoms with Crippen LogP contribution in [0.1, 0.15) is 40.7 Å².